The van der Waals surface area contributed by atoms with Crippen LogP contribution in [0.5, 0.6) is 0 Å². The molecule has 0 amide bonds. The minimum Gasteiger partial charge on any atom is -0.325 e. The van der Waals surface area contributed by atoms with Crippen LogP contribution >= 0.6 is 0 Å². The van der Waals surface area contributed by atoms with Gasteiger partial charge in [-0.3, -0.25) is 4.79 Å². The van der Waals surface area contributed by atoms with Crippen LogP contribution in [0.25, 0.3) is 17.1 Å². The summed E-state index contributed by atoms with van der Waals surface area (Å²) >= 11 is 0. The molecule has 1 aromatic carbocycles. The standard InChI is InChI=1S/C25H24N8O/c1-15-24(20-8-6-18(11-26)7-9-20)31-32(12-19-4-5-19)25(15)29-22-10-23(28-14-27-22)33-17(3)21(13-34)16(2)30-33/h6-10,13-14,19H,4-5,12H2,1-3H3,(H,27,28,29). The smallest absolute Gasteiger partial charge is 0.159 e. The number of aldehydes is 1. The minimum atomic E-state index is 0.568. The second-order valence-corrected chi connectivity index (χ2v) is 8.64. The second kappa shape index (κ2) is 8.56. The molecule has 1 N–H and O–H groups in total. The molecule has 34 heavy (non-hydrogen) atoms. The molecule has 9 heteroatoms. The highest BCUT2D eigenvalue weighted by Crippen LogP contribution is 2.35. The Hall–Kier alpha value is -4.32. The first kappa shape index (κ1) is 21.5. The summed E-state index contributed by atoms with van der Waals surface area (Å²) in [7, 11) is 0. The molecule has 5 rings (SSSR count). The van der Waals surface area contributed by atoms with Crippen LogP contribution in [-0.4, -0.2) is 35.8 Å². The first-order chi connectivity index (χ1) is 16.5. The Morgan fingerprint density at radius 2 is 1.91 bits per heavy atom. The fraction of sp³-hybridized carbons (Fsp3) is 0.280. The first-order valence-electron chi connectivity index (χ1n) is 11.2. The topological polar surface area (TPSA) is 114 Å². The maximum atomic E-state index is 11.4. The zero-order valence-electron chi connectivity index (χ0n) is 19.3. The van der Waals surface area contributed by atoms with E-state index in [0.29, 0.717) is 34.4 Å². The van der Waals surface area contributed by atoms with Crippen LogP contribution < -0.4 is 5.32 Å². The number of hydrogen-bond donors (Lipinski definition) is 1. The quantitative estimate of drug-likeness (QED) is 0.416. The van der Waals surface area contributed by atoms with Crippen molar-refractivity contribution in [2.75, 3.05) is 5.32 Å². The molecular weight excluding hydrogens is 428 g/mol. The summed E-state index contributed by atoms with van der Waals surface area (Å²) in [6.45, 7) is 6.51. The van der Waals surface area contributed by atoms with Crippen LogP contribution in [0.15, 0.2) is 36.7 Å². The van der Waals surface area contributed by atoms with Crippen molar-refractivity contribution < 1.29 is 4.79 Å². The van der Waals surface area contributed by atoms with Crippen molar-refractivity contribution in [2.24, 2.45) is 5.92 Å². The molecule has 0 saturated heterocycles. The number of nitriles is 1. The monoisotopic (exact) mass is 452 g/mol. The van der Waals surface area contributed by atoms with Crippen LogP contribution in [0.3, 0.4) is 0 Å². The van der Waals surface area contributed by atoms with Crippen LogP contribution in [0.4, 0.5) is 11.6 Å². The first-order valence-corrected chi connectivity index (χ1v) is 11.2. The number of hydrogen-bond acceptors (Lipinski definition) is 7. The fourth-order valence-electron chi connectivity index (χ4n) is 4.06. The molecule has 1 fully saturated rings. The summed E-state index contributed by atoms with van der Waals surface area (Å²) in [6.07, 6.45) is 4.71. The van der Waals surface area contributed by atoms with Crippen LogP contribution in [-0.2, 0) is 6.54 Å². The Labute approximate surface area is 197 Å². The second-order valence-electron chi connectivity index (χ2n) is 8.64. The van der Waals surface area contributed by atoms with E-state index in [-0.39, 0.29) is 0 Å². The van der Waals surface area contributed by atoms with Gasteiger partial charge in [0.2, 0.25) is 0 Å². The van der Waals surface area contributed by atoms with Crippen molar-refractivity contribution in [2.45, 2.75) is 40.2 Å². The number of nitrogens with one attached hydrogen (secondary N) is 1. The Morgan fingerprint density at radius 3 is 2.56 bits per heavy atom. The molecule has 0 unspecified atom stereocenters. The number of benzene rings is 1. The summed E-state index contributed by atoms with van der Waals surface area (Å²) in [5, 5.41) is 21.9. The van der Waals surface area contributed by atoms with Crippen molar-refractivity contribution >= 4 is 17.9 Å². The average Bonchev–Trinajstić information content (AvgIpc) is 3.56. The van der Waals surface area contributed by atoms with E-state index >= 15 is 0 Å². The number of rotatable bonds is 7. The lowest BCUT2D eigenvalue weighted by atomic mass is 10.1. The predicted molar refractivity (Wildman–Crippen MR) is 127 cm³/mol. The highest BCUT2D eigenvalue weighted by atomic mass is 16.1. The van der Waals surface area contributed by atoms with Gasteiger partial charge in [-0.25, -0.2) is 19.3 Å². The van der Waals surface area contributed by atoms with Crippen LogP contribution in [0.1, 0.15) is 45.7 Å². The molecule has 4 aromatic rings. The van der Waals surface area contributed by atoms with Crippen molar-refractivity contribution in [3.63, 3.8) is 0 Å². The SMILES string of the molecule is Cc1nn(-c2cc(Nc3c(C)c(-c4ccc(C#N)cc4)nn3CC3CC3)ncn2)c(C)c1C=O. The van der Waals surface area contributed by atoms with Gasteiger partial charge in [0.1, 0.15) is 18.0 Å². The fourth-order valence-corrected chi connectivity index (χ4v) is 4.06. The van der Waals surface area contributed by atoms with Crippen molar-refractivity contribution in [3.8, 4) is 23.1 Å². The van der Waals surface area contributed by atoms with Gasteiger partial charge in [-0.2, -0.15) is 15.5 Å². The normalized spacial score (nSPS) is 13.0. The number of nitrogens with zero attached hydrogens (tertiary/aromatic N) is 7. The van der Waals surface area contributed by atoms with Crippen LogP contribution in [0.2, 0.25) is 0 Å². The molecule has 1 saturated carbocycles. The van der Waals surface area contributed by atoms with E-state index in [9.17, 15) is 4.79 Å². The van der Waals surface area contributed by atoms with E-state index in [1.165, 1.54) is 19.2 Å². The number of anilines is 2. The Morgan fingerprint density at radius 1 is 1.15 bits per heavy atom. The molecule has 0 bridgehead atoms. The number of carbonyl (C=O) groups is 1. The van der Waals surface area contributed by atoms with E-state index in [2.05, 4.69) is 26.5 Å². The average molecular weight is 453 g/mol. The molecule has 170 valence electrons. The molecule has 3 heterocycles. The van der Waals surface area contributed by atoms with Gasteiger partial charge in [-0.05, 0) is 51.7 Å². The molecular formula is C25H24N8O. The highest BCUT2D eigenvalue weighted by Gasteiger charge is 2.26. The van der Waals surface area contributed by atoms with E-state index in [0.717, 1.165) is 41.2 Å². The van der Waals surface area contributed by atoms with Gasteiger partial charge in [0.15, 0.2) is 12.1 Å². The van der Waals surface area contributed by atoms with Crippen LogP contribution in [0, 0.1) is 38.0 Å². The Kier molecular flexibility index (Phi) is 5.42. The Balaban J connectivity index is 1.51. The van der Waals surface area contributed by atoms with Gasteiger partial charge in [0, 0.05) is 23.7 Å². The summed E-state index contributed by atoms with van der Waals surface area (Å²) in [5.41, 5.74) is 5.41. The van der Waals surface area contributed by atoms with Gasteiger partial charge in [-0.1, -0.05) is 12.1 Å². The third-order valence-electron chi connectivity index (χ3n) is 6.19. The minimum absolute atomic E-state index is 0.568. The van der Waals surface area contributed by atoms with E-state index in [1.807, 2.05) is 36.7 Å². The highest BCUT2D eigenvalue weighted by molar-refractivity contribution is 5.78. The van der Waals surface area contributed by atoms with E-state index in [4.69, 9.17) is 10.4 Å². The molecule has 0 atom stereocenters. The third-order valence-corrected chi connectivity index (χ3v) is 6.19. The maximum Gasteiger partial charge on any atom is 0.159 e. The van der Waals surface area contributed by atoms with Gasteiger partial charge in [0.25, 0.3) is 0 Å². The number of aryl methyl sites for hydroxylation is 1. The van der Waals surface area contributed by atoms with E-state index < -0.39 is 0 Å². The summed E-state index contributed by atoms with van der Waals surface area (Å²) in [5.74, 6) is 2.69. The van der Waals surface area contributed by atoms with Crippen molar-refractivity contribution in [1.29, 1.82) is 5.26 Å². The molecule has 0 radical (unpaired) electrons. The summed E-state index contributed by atoms with van der Waals surface area (Å²) in [6, 6.07) is 11.4. The summed E-state index contributed by atoms with van der Waals surface area (Å²) in [4.78, 5) is 20.2. The molecule has 9 nitrogen and oxygen atoms in total. The predicted octanol–water partition coefficient (Wildman–Crippen LogP) is 4.29. The summed E-state index contributed by atoms with van der Waals surface area (Å²) < 4.78 is 3.67. The number of aromatic nitrogens is 6. The zero-order valence-corrected chi connectivity index (χ0v) is 19.3. The largest absolute Gasteiger partial charge is 0.325 e. The molecule has 1 aliphatic rings. The van der Waals surface area contributed by atoms with E-state index in [1.54, 1.807) is 23.7 Å². The lowest BCUT2D eigenvalue weighted by molar-refractivity contribution is 0.112. The third kappa shape index (κ3) is 3.94. The van der Waals surface area contributed by atoms with Crippen molar-refractivity contribution in [1.82, 2.24) is 29.5 Å². The van der Waals surface area contributed by atoms with Gasteiger partial charge in [0.05, 0.1) is 34.3 Å². The van der Waals surface area contributed by atoms with Crippen molar-refractivity contribution in [3.05, 3.63) is 64.7 Å². The number of carbonyl (C=O) groups excluding carboxylic acids is 1. The lowest BCUT2D eigenvalue weighted by Gasteiger charge is -2.11. The van der Waals surface area contributed by atoms with Gasteiger partial charge in [-0.15, -0.1) is 0 Å². The molecule has 1 aliphatic carbocycles. The maximum absolute atomic E-state index is 11.4. The Bertz CT molecular complexity index is 1420. The molecule has 0 aliphatic heterocycles. The molecule has 3 aromatic heterocycles. The zero-order chi connectivity index (χ0) is 23.8. The van der Waals surface area contributed by atoms with Gasteiger partial charge >= 0.3 is 0 Å². The molecule has 0 spiro atoms. The lowest BCUT2D eigenvalue weighted by Crippen LogP contribution is -2.09. The van der Waals surface area contributed by atoms with Gasteiger partial charge < -0.3 is 5.32 Å².